The minimum Gasteiger partial charge on any atom is -0.497 e. The molecule has 2 atom stereocenters. The first-order valence-corrected chi connectivity index (χ1v) is 13.3. The van der Waals surface area contributed by atoms with Crippen LogP contribution in [-0.4, -0.2) is 68.7 Å². The Balaban J connectivity index is 1.66. The molecule has 0 radical (unpaired) electrons. The van der Waals surface area contributed by atoms with Crippen LogP contribution in [0.25, 0.3) is 11.3 Å². The molecule has 1 aromatic heterocycles. The molecule has 11 heteroatoms. The summed E-state index contributed by atoms with van der Waals surface area (Å²) < 4.78 is 54.0. The summed E-state index contributed by atoms with van der Waals surface area (Å²) in [6.07, 6.45) is 0.746. The van der Waals surface area contributed by atoms with E-state index in [9.17, 15) is 21.6 Å². The Morgan fingerprint density at radius 1 is 1.07 bits per heavy atom. The van der Waals surface area contributed by atoms with Crippen molar-refractivity contribution in [3.63, 3.8) is 0 Å². The summed E-state index contributed by atoms with van der Waals surface area (Å²) in [5.41, 5.74) is 1.52. The Kier molecular flexibility index (Phi) is 5.35. The highest BCUT2D eigenvalue weighted by molar-refractivity contribution is 7.91. The first kappa shape index (κ1) is 20.9. The van der Waals surface area contributed by atoms with Crippen molar-refractivity contribution in [3.05, 3.63) is 36.0 Å². The number of sulfone groups is 2. The van der Waals surface area contributed by atoms with Gasteiger partial charge in [-0.3, -0.25) is 9.48 Å². The average Bonchev–Trinajstić information content (AvgIpc) is 3.38. The number of benzene rings is 1. The fourth-order valence-electron chi connectivity index (χ4n) is 3.88. The summed E-state index contributed by atoms with van der Waals surface area (Å²) in [7, 11) is -4.75. The number of aromatic nitrogens is 2. The third-order valence-corrected chi connectivity index (χ3v) is 8.99. The molecule has 30 heavy (non-hydrogen) atoms. The Hall–Kier alpha value is -2.40. The molecule has 2 saturated heterocycles. The molecule has 0 bridgehead atoms. The van der Waals surface area contributed by atoms with E-state index in [0.29, 0.717) is 24.3 Å². The first-order valence-electron chi connectivity index (χ1n) is 9.61. The van der Waals surface area contributed by atoms with Gasteiger partial charge in [0, 0.05) is 11.6 Å². The van der Waals surface area contributed by atoms with Crippen LogP contribution in [0.4, 0.5) is 0 Å². The first-order chi connectivity index (χ1) is 14.2. The molecule has 0 saturated carbocycles. The van der Waals surface area contributed by atoms with Crippen LogP contribution in [0.3, 0.4) is 0 Å². The Morgan fingerprint density at radius 2 is 1.73 bits per heavy atom. The van der Waals surface area contributed by atoms with E-state index in [-0.39, 0.29) is 28.7 Å². The lowest BCUT2D eigenvalue weighted by Gasteiger charge is -2.15. The van der Waals surface area contributed by atoms with E-state index in [0.717, 1.165) is 5.56 Å². The normalized spacial score (nSPS) is 24.6. The van der Waals surface area contributed by atoms with Gasteiger partial charge in [0.1, 0.15) is 11.4 Å². The topological polar surface area (TPSA) is 124 Å². The number of amides is 1. The lowest BCUT2D eigenvalue weighted by Crippen LogP contribution is -2.37. The maximum atomic E-state index is 13.0. The van der Waals surface area contributed by atoms with Gasteiger partial charge in [0.15, 0.2) is 19.7 Å². The number of hydrogen-bond acceptors (Lipinski definition) is 7. The van der Waals surface area contributed by atoms with Gasteiger partial charge in [-0.2, -0.15) is 5.10 Å². The predicted octanol–water partition coefficient (Wildman–Crippen LogP) is 0.835. The average molecular weight is 454 g/mol. The number of nitrogens with one attached hydrogen (secondary N) is 1. The van der Waals surface area contributed by atoms with Gasteiger partial charge in [0.2, 0.25) is 0 Å². The molecule has 1 aromatic carbocycles. The van der Waals surface area contributed by atoms with Crippen molar-refractivity contribution in [3.8, 4) is 17.0 Å². The van der Waals surface area contributed by atoms with Gasteiger partial charge in [-0.1, -0.05) is 0 Å². The molecule has 162 valence electrons. The van der Waals surface area contributed by atoms with E-state index in [1.165, 1.54) is 4.68 Å². The van der Waals surface area contributed by atoms with Crippen LogP contribution in [0, 0.1) is 0 Å². The van der Waals surface area contributed by atoms with Gasteiger partial charge in [-0.05, 0) is 43.2 Å². The standard InChI is InChI=1S/C19H23N3O6S2/c1-28-16-4-2-13(3-5-16)17-10-18(19(23)20-14-6-8-29(24,25)11-14)22(21-17)15-7-9-30(26,27)12-15/h2-5,10,14-15H,6-9,11-12H2,1H3,(H,20,23)/t14-,15+/m1/s1. The van der Waals surface area contributed by atoms with Crippen molar-refractivity contribution in [2.75, 3.05) is 30.1 Å². The van der Waals surface area contributed by atoms with E-state index in [4.69, 9.17) is 4.74 Å². The second-order valence-corrected chi connectivity index (χ2v) is 12.2. The lowest BCUT2D eigenvalue weighted by atomic mass is 10.1. The van der Waals surface area contributed by atoms with Gasteiger partial charge in [0.05, 0.1) is 41.9 Å². The molecule has 0 spiro atoms. The van der Waals surface area contributed by atoms with Crippen molar-refractivity contribution in [1.29, 1.82) is 0 Å². The van der Waals surface area contributed by atoms with Crippen LogP contribution < -0.4 is 10.1 Å². The molecular weight excluding hydrogens is 430 g/mol. The number of carbonyl (C=O) groups is 1. The zero-order valence-corrected chi connectivity index (χ0v) is 18.1. The van der Waals surface area contributed by atoms with Gasteiger partial charge >= 0.3 is 0 Å². The molecule has 1 N–H and O–H groups in total. The fraction of sp³-hybridized carbons (Fsp3) is 0.474. The summed E-state index contributed by atoms with van der Waals surface area (Å²) in [6, 6.07) is 7.89. The number of carbonyl (C=O) groups excluding carboxylic acids is 1. The molecule has 2 fully saturated rings. The summed E-state index contributed by atoms with van der Waals surface area (Å²) in [6.45, 7) is 0. The summed E-state index contributed by atoms with van der Waals surface area (Å²) >= 11 is 0. The lowest BCUT2D eigenvalue weighted by molar-refractivity contribution is 0.0928. The largest absolute Gasteiger partial charge is 0.497 e. The van der Waals surface area contributed by atoms with Crippen molar-refractivity contribution < 1.29 is 26.4 Å². The molecule has 4 rings (SSSR count). The predicted molar refractivity (Wildman–Crippen MR) is 111 cm³/mol. The van der Waals surface area contributed by atoms with Crippen LogP contribution >= 0.6 is 0 Å². The van der Waals surface area contributed by atoms with Crippen LogP contribution in [0.5, 0.6) is 5.75 Å². The Labute approximate surface area is 175 Å². The van der Waals surface area contributed by atoms with E-state index in [1.54, 1.807) is 25.3 Å². The SMILES string of the molecule is COc1ccc(-c2cc(C(=O)N[C@@H]3CCS(=O)(=O)C3)n([C@H]3CCS(=O)(=O)C3)n2)cc1. The van der Waals surface area contributed by atoms with Crippen molar-refractivity contribution in [2.24, 2.45) is 0 Å². The Bertz CT molecular complexity index is 1170. The second kappa shape index (κ2) is 7.69. The zero-order valence-electron chi connectivity index (χ0n) is 16.4. The summed E-state index contributed by atoms with van der Waals surface area (Å²) in [5, 5.41) is 7.31. The van der Waals surface area contributed by atoms with Crippen LogP contribution in [0.15, 0.2) is 30.3 Å². The monoisotopic (exact) mass is 453 g/mol. The third-order valence-electron chi connectivity index (χ3n) is 5.48. The molecule has 2 aliphatic rings. The van der Waals surface area contributed by atoms with Gasteiger partial charge < -0.3 is 10.1 Å². The second-order valence-electron chi connectivity index (χ2n) is 7.72. The van der Waals surface area contributed by atoms with Crippen LogP contribution in [-0.2, 0) is 19.7 Å². The molecule has 2 aromatic rings. The number of hydrogen-bond donors (Lipinski definition) is 1. The minimum atomic E-state index is -3.18. The maximum Gasteiger partial charge on any atom is 0.269 e. The number of ether oxygens (including phenoxy) is 1. The molecule has 9 nitrogen and oxygen atoms in total. The summed E-state index contributed by atoms with van der Waals surface area (Å²) in [5.74, 6) is 0.172. The van der Waals surface area contributed by atoms with E-state index in [2.05, 4.69) is 10.4 Å². The number of nitrogens with zero attached hydrogens (tertiary/aromatic N) is 2. The van der Waals surface area contributed by atoms with Crippen LogP contribution in [0.2, 0.25) is 0 Å². The van der Waals surface area contributed by atoms with E-state index >= 15 is 0 Å². The third kappa shape index (κ3) is 4.36. The van der Waals surface area contributed by atoms with Crippen LogP contribution in [0.1, 0.15) is 29.4 Å². The van der Waals surface area contributed by atoms with Gasteiger partial charge in [0.25, 0.3) is 5.91 Å². The molecule has 2 aliphatic heterocycles. The molecule has 1 amide bonds. The van der Waals surface area contributed by atoms with Gasteiger partial charge in [-0.15, -0.1) is 0 Å². The smallest absolute Gasteiger partial charge is 0.269 e. The maximum absolute atomic E-state index is 13.0. The minimum absolute atomic E-state index is 0.0508. The molecule has 0 unspecified atom stereocenters. The number of methoxy groups -OCH3 is 1. The number of rotatable bonds is 5. The summed E-state index contributed by atoms with van der Waals surface area (Å²) in [4.78, 5) is 13.0. The van der Waals surface area contributed by atoms with Crippen molar-refractivity contribution >= 4 is 25.6 Å². The fourth-order valence-corrected chi connectivity index (χ4v) is 7.25. The highest BCUT2D eigenvalue weighted by atomic mass is 32.2. The van der Waals surface area contributed by atoms with E-state index < -0.39 is 37.7 Å². The Morgan fingerprint density at radius 3 is 2.30 bits per heavy atom. The van der Waals surface area contributed by atoms with Gasteiger partial charge in [-0.25, -0.2) is 16.8 Å². The quantitative estimate of drug-likeness (QED) is 0.711. The highest BCUT2D eigenvalue weighted by Crippen LogP contribution is 2.29. The van der Waals surface area contributed by atoms with Crippen molar-refractivity contribution in [1.82, 2.24) is 15.1 Å². The molecule has 3 heterocycles. The molecular formula is C19H23N3O6S2. The van der Waals surface area contributed by atoms with Crippen molar-refractivity contribution in [2.45, 2.75) is 24.9 Å². The highest BCUT2D eigenvalue weighted by Gasteiger charge is 2.34. The van der Waals surface area contributed by atoms with E-state index in [1.807, 2.05) is 12.1 Å². The zero-order chi connectivity index (χ0) is 21.5. The molecule has 0 aliphatic carbocycles.